The van der Waals surface area contributed by atoms with Gasteiger partial charge in [0.25, 0.3) is 0 Å². The molecule has 1 heterocycles. The van der Waals surface area contributed by atoms with Crippen LogP contribution in [0.15, 0.2) is 36.4 Å². The van der Waals surface area contributed by atoms with Gasteiger partial charge in [0.1, 0.15) is 6.04 Å². The molecule has 1 aliphatic carbocycles. The molecule has 1 fully saturated rings. The lowest BCUT2D eigenvalue weighted by atomic mass is 9.68. The van der Waals surface area contributed by atoms with Crippen molar-refractivity contribution >= 4 is 35.0 Å². The smallest absolute Gasteiger partial charge is 0.247 e. The highest BCUT2D eigenvalue weighted by atomic mass is 35.5. The molecule has 0 aromatic heterocycles. The minimum Gasteiger partial charge on any atom is -0.395 e. The van der Waals surface area contributed by atoms with E-state index in [0.717, 1.165) is 12.8 Å². The molecule has 0 saturated carbocycles. The van der Waals surface area contributed by atoms with Crippen LogP contribution in [0.25, 0.3) is 0 Å². The van der Waals surface area contributed by atoms with Gasteiger partial charge in [0.05, 0.1) is 29.2 Å². The van der Waals surface area contributed by atoms with Crippen LogP contribution in [0, 0.1) is 23.7 Å². The van der Waals surface area contributed by atoms with Gasteiger partial charge in [-0.05, 0) is 24.5 Å². The number of rotatable bonds is 7. The second-order valence-corrected chi connectivity index (χ2v) is 8.16. The summed E-state index contributed by atoms with van der Waals surface area (Å²) in [5.41, 5.74) is 0.454. The van der Waals surface area contributed by atoms with Crippen molar-refractivity contribution in [1.29, 1.82) is 0 Å². The number of hydrogen-bond acceptors (Lipinski definition) is 4. The fourth-order valence-corrected chi connectivity index (χ4v) is 4.93. The van der Waals surface area contributed by atoms with E-state index in [1.165, 1.54) is 4.90 Å². The molecule has 0 spiro atoms. The first-order valence-corrected chi connectivity index (χ1v) is 10.7. The van der Waals surface area contributed by atoms with Gasteiger partial charge in [-0.25, -0.2) is 0 Å². The third-order valence-corrected chi connectivity index (χ3v) is 6.35. The van der Waals surface area contributed by atoms with Crippen LogP contribution in [-0.4, -0.2) is 54.0 Å². The van der Waals surface area contributed by atoms with Gasteiger partial charge in [-0.2, -0.15) is 0 Å². The second kappa shape index (κ2) is 9.62. The van der Waals surface area contributed by atoms with Crippen molar-refractivity contribution in [2.45, 2.75) is 25.8 Å². The Labute approximate surface area is 181 Å². The third-order valence-electron chi connectivity index (χ3n) is 6.02. The number of carbonyl (C=O) groups is 3. The van der Waals surface area contributed by atoms with E-state index in [1.807, 2.05) is 19.1 Å². The summed E-state index contributed by atoms with van der Waals surface area (Å²) in [4.78, 5) is 40.7. The number of anilines is 1. The zero-order valence-electron chi connectivity index (χ0n) is 17.2. The van der Waals surface area contributed by atoms with Gasteiger partial charge < -0.3 is 20.6 Å². The van der Waals surface area contributed by atoms with Crippen molar-refractivity contribution < 1.29 is 19.5 Å². The highest BCUT2D eigenvalue weighted by Crippen LogP contribution is 2.45. The minimum atomic E-state index is -0.822. The summed E-state index contributed by atoms with van der Waals surface area (Å²) in [6, 6.07) is 6.05. The maximum atomic E-state index is 13.3. The van der Waals surface area contributed by atoms with Crippen LogP contribution in [0.2, 0.25) is 5.02 Å². The summed E-state index contributed by atoms with van der Waals surface area (Å²) in [6.07, 6.45) is 5.53. The van der Waals surface area contributed by atoms with Crippen molar-refractivity contribution in [2.75, 3.05) is 25.5 Å². The summed E-state index contributed by atoms with van der Waals surface area (Å²) in [5, 5.41) is 15.4. The number of β-amino-alcohol motifs (C(OH)–C–C–N with tert-alkyl or cyclic N) is 1. The quantitative estimate of drug-likeness (QED) is 0.573. The number of carbonyl (C=O) groups excluding carboxylic acids is 3. The standard InChI is InChI=1S/C22H28ClN3O4/c1-3-6-13-9-10-14-18(17(13)20(28)24-2)22(30)26(11-12-27)19(14)21(29)25-16-8-5-4-7-15(16)23/h4-5,7-10,13-14,17-19,27H,3,6,11-12H2,1-2H3,(H,24,28)(H,25,29)/t13-,14+,17-,18-,19+/m1/s1. The first-order chi connectivity index (χ1) is 14.4. The number of nitrogens with zero attached hydrogens (tertiary/aromatic N) is 1. The number of halogens is 1. The van der Waals surface area contributed by atoms with Gasteiger partial charge in [0.2, 0.25) is 17.7 Å². The normalized spacial score (nSPS) is 27.7. The van der Waals surface area contributed by atoms with Crippen molar-refractivity contribution in [3.05, 3.63) is 41.4 Å². The third kappa shape index (κ3) is 4.09. The van der Waals surface area contributed by atoms with E-state index in [4.69, 9.17) is 11.6 Å². The zero-order valence-corrected chi connectivity index (χ0v) is 17.9. The van der Waals surface area contributed by atoms with Gasteiger partial charge in [-0.1, -0.05) is 49.2 Å². The van der Waals surface area contributed by atoms with Crippen LogP contribution in [0.5, 0.6) is 0 Å². The van der Waals surface area contributed by atoms with E-state index in [0.29, 0.717) is 10.7 Å². The molecule has 1 saturated heterocycles. The Hall–Kier alpha value is -2.38. The highest BCUT2D eigenvalue weighted by molar-refractivity contribution is 6.33. The monoisotopic (exact) mass is 433 g/mol. The molecule has 30 heavy (non-hydrogen) atoms. The number of amides is 3. The summed E-state index contributed by atoms with van der Waals surface area (Å²) in [5.74, 6) is -2.56. The van der Waals surface area contributed by atoms with Crippen molar-refractivity contribution in [1.82, 2.24) is 10.2 Å². The van der Waals surface area contributed by atoms with E-state index in [1.54, 1.807) is 31.3 Å². The molecule has 3 amide bonds. The van der Waals surface area contributed by atoms with Gasteiger partial charge in [0, 0.05) is 19.5 Å². The van der Waals surface area contributed by atoms with E-state index in [2.05, 4.69) is 10.6 Å². The van der Waals surface area contributed by atoms with E-state index in [9.17, 15) is 19.5 Å². The predicted molar refractivity (Wildman–Crippen MR) is 115 cm³/mol. The van der Waals surface area contributed by atoms with E-state index < -0.39 is 23.8 Å². The Morgan fingerprint density at radius 1 is 1.20 bits per heavy atom. The number of aliphatic hydroxyl groups excluding tert-OH is 1. The molecule has 7 nitrogen and oxygen atoms in total. The molecule has 1 aromatic rings. The molecule has 8 heteroatoms. The summed E-state index contributed by atoms with van der Waals surface area (Å²) < 4.78 is 0. The van der Waals surface area contributed by atoms with Gasteiger partial charge in [-0.15, -0.1) is 0 Å². The first-order valence-electron chi connectivity index (χ1n) is 10.3. The largest absolute Gasteiger partial charge is 0.395 e. The number of benzene rings is 1. The number of allylic oxidation sites excluding steroid dienone is 1. The predicted octanol–water partition coefficient (Wildman–Crippen LogP) is 2.06. The number of fused-ring (bicyclic) bond motifs is 1. The Balaban J connectivity index is 1.97. The average molecular weight is 434 g/mol. The fraction of sp³-hybridized carbons (Fsp3) is 0.500. The summed E-state index contributed by atoms with van der Waals surface area (Å²) >= 11 is 6.17. The number of para-hydroxylation sites is 1. The molecule has 3 rings (SSSR count). The van der Waals surface area contributed by atoms with Crippen LogP contribution in [0.1, 0.15) is 19.8 Å². The first kappa shape index (κ1) is 22.3. The molecule has 0 bridgehead atoms. The SMILES string of the molecule is CCC[C@@H]1C=C[C@H]2[C@@H](C(=O)N(CCO)[C@@H]2C(=O)Nc2ccccc2Cl)[C@@H]1C(=O)NC. The van der Waals surface area contributed by atoms with Crippen LogP contribution >= 0.6 is 11.6 Å². The van der Waals surface area contributed by atoms with Crippen molar-refractivity contribution in [2.24, 2.45) is 23.7 Å². The summed E-state index contributed by atoms with van der Waals surface area (Å²) in [7, 11) is 1.56. The number of likely N-dealkylation sites (tertiary alicyclic amines) is 1. The zero-order chi connectivity index (χ0) is 21.8. The molecule has 3 N–H and O–H groups in total. The number of aliphatic hydroxyl groups is 1. The lowest BCUT2D eigenvalue weighted by Gasteiger charge is -2.34. The molecule has 2 aliphatic rings. The van der Waals surface area contributed by atoms with Gasteiger partial charge in [0.15, 0.2) is 0 Å². The minimum absolute atomic E-state index is 0.0270. The maximum Gasteiger partial charge on any atom is 0.247 e. The van der Waals surface area contributed by atoms with Gasteiger partial charge >= 0.3 is 0 Å². The maximum absolute atomic E-state index is 13.3. The number of nitrogens with one attached hydrogen (secondary N) is 2. The molecule has 0 radical (unpaired) electrons. The molecular formula is C22H28ClN3O4. The fourth-order valence-electron chi connectivity index (χ4n) is 4.75. The van der Waals surface area contributed by atoms with Crippen LogP contribution in [0.3, 0.4) is 0 Å². The average Bonchev–Trinajstić information content (AvgIpc) is 3.01. The van der Waals surface area contributed by atoms with Crippen LogP contribution in [0.4, 0.5) is 5.69 Å². The molecular weight excluding hydrogens is 406 g/mol. The van der Waals surface area contributed by atoms with Crippen LogP contribution in [-0.2, 0) is 14.4 Å². The molecule has 0 unspecified atom stereocenters. The Morgan fingerprint density at radius 3 is 2.57 bits per heavy atom. The topological polar surface area (TPSA) is 98.7 Å². The Bertz CT molecular complexity index is 843. The lowest BCUT2D eigenvalue weighted by molar-refractivity contribution is -0.140. The number of hydrogen-bond donors (Lipinski definition) is 3. The molecule has 5 atom stereocenters. The van der Waals surface area contributed by atoms with E-state index >= 15 is 0 Å². The molecule has 1 aromatic carbocycles. The van der Waals surface area contributed by atoms with E-state index in [-0.39, 0.29) is 36.8 Å². The van der Waals surface area contributed by atoms with Crippen LogP contribution < -0.4 is 10.6 Å². The molecule has 1 aliphatic heterocycles. The van der Waals surface area contributed by atoms with Gasteiger partial charge in [-0.3, -0.25) is 14.4 Å². The Kier molecular flexibility index (Phi) is 7.15. The van der Waals surface area contributed by atoms with Crippen molar-refractivity contribution in [3.63, 3.8) is 0 Å². The Morgan fingerprint density at radius 2 is 1.93 bits per heavy atom. The highest BCUT2D eigenvalue weighted by Gasteiger charge is 2.56. The lowest BCUT2D eigenvalue weighted by Crippen LogP contribution is -2.45. The molecule has 162 valence electrons. The second-order valence-electron chi connectivity index (χ2n) is 7.75. The summed E-state index contributed by atoms with van der Waals surface area (Å²) in [6.45, 7) is 1.79. The van der Waals surface area contributed by atoms with Crippen molar-refractivity contribution in [3.8, 4) is 0 Å².